The topological polar surface area (TPSA) is 3.24 Å². The average molecular weight is 660 g/mol. The van der Waals surface area contributed by atoms with Crippen molar-refractivity contribution < 1.29 is 0 Å². The molecule has 0 N–H and O–H groups in total. The Morgan fingerprint density at radius 1 is 0.549 bits per heavy atom. The fraction of sp³-hybridized carbons (Fsp3) is 0.240. The number of benzene rings is 7. The summed E-state index contributed by atoms with van der Waals surface area (Å²) in [6.45, 7) is 13.2. The lowest BCUT2D eigenvalue weighted by Gasteiger charge is -2.36. The molecule has 250 valence electrons. The van der Waals surface area contributed by atoms with E-state index in [2.05, 4.69) is 167 Å². The highest BCUT2D eigenvalue weighted by atomic mass is 15.2. The van der Waals surface area contributed by atoms with Gasteiger partial charge in [-0.25, -0.2) is 0 Å². The summed E-state index contributed by atoms with van der Waals surface area (Å²) in [7, 11) is 0. The summed E-state index contributed by atoms with van der Waals surface area (Å²) in [6.07, 6.45) is 3.67. The zero-order valence-corrected chi connectivity index (χ0v) is 30.5. The van der Waals surface area contributed by atoms with Crippen LogP contribution in [0, 0.1) is 10.8 Å². The van der Waals surface area contributed by atoms with E-state index < -0.39 is 0 Å². The number of rotatable bonds is 7. The molecule has 1 heteroatoms. The van der Waals surface area contributed by atoms with E-state index in [9.17, 15) is 0 Å². The van der Waals surface area contributed by atoms with Gasteiger partial charge in [0, 0.05) is 23.8 Å². The van der Waals surface area contributed by atoms with Crippen LogP contribution < -0.4 is 4.90 Å². The molecule has 0 saturated heterocycles. The van der Waals surface area contributed by atoms with Crippen LogP contribution >= 0.6 is 0 Å². The van der Waals surface area contributed by atoms with Gasteiger partial charge in [-0.1, -0.05) is 132 Å². The Morgan fingerprint density at radius 3 is 1.82 bits per heavy atom. The molecule has 1 aliphatic rings. The second-order valence-corrected chi connectivity index (χ2v) is 16.8. The molecule has 0 amide bonds. The first-order valence-electron chi connectivity index (χ1n) is 19.0. The quantitative estimate of drug-likeness (QED) is 0.165. The van der Waals surface area contributed by atoms with Crippen LogP contribution in [0.1, 0.15) is 65.4 Å². The van der Waals surface area contributed by atoms with E-state index in [1.807, 2.05) is 0 Å². The molecule has 0 fully saturated rings. The number of anilines is 2. The van der Waals surface area contributed by atoms with Crippen molar-refractivity contribution in [2.24, 2.45) is 10.8 Å². The van der Waals surface area contributed by atoms with Gasteiger partial charge in [0.15, 0.2) is 0 Å². The zero-order valence-electron chi connectivity index (χ0n) is 30.5. The number of hydrogen-bond acceptors (Lipinski definition) is 1. The Morgan fingerprint density at radius 2 is 1.16 bits per heavy atom. The largest absolute Gasteiger partial charge is 0.341 e. The molecule has 1 unspecified atom stereocenters. The van der Waals surface area contributed by atoms with E-state index in [-0.39, 0.29) is 5.41 Å². The molecule has 10 rings (SSSR count). The van der Waals surface area contributed by atoms with Gasteiger partial charge in [0.05, 0.1) is 0 Å². The smallest absolute Gasteiger partial charge is 0.0447 e. The molecule has 1 nitrogen and oxygen atoms in total. The van der Waals surface area contributed by atoms with Crippen LogP contribution in [-0.2, 0) is 0 Å². The monoisotopic (exact) mass is 659 g/mol. The molecular formula is C50H45N. The summed E-state index contributed by atoms with van der Waals surface area (Å²) in [5, 5.41) is 16.4. The van der Waals surface area contributed by atoms with Crippen LogP contribution in [0.3, 0.4) is 0 Å². The van der Waals surface area contributed by atoms with Gasteiger partial charge in [0.1, 0.15) is 0 Å². The number of fused-ring (bicyclic) bond motifs is 7. The van der Waals surface area contributed by atoms with Crippen molar-refractivity contribution in [3.63, 3.8) is 0 Å². The molecule has 51 heavy (non-hydrogen) atoms. The van der Waals surface area contributed by atoms with Gasteiger partial charge in [0.2, 0.25) is 0 Å². The highest BCUT2D eigenvalue weighted by molar-refractivity contribution is 6.38. The molecule has 0 saturated carbocycles. The number of hydrogen-bond donors (Lipinski definition) is 0. The van der Waals surface area contributed by atoms with Crippen LogP contribution in [0.15, 0.2) is 127 Å². The van der Waals surface area contributed by atoms with Gasteiger partial charge in [-0.15, -0.1) is 0 Å². The first-order chi connectivity index (χ1) is 24.7. The van der Waals surface area contributed by atoms with Crippen molar-refractivity contribution in [2.75, 3.05) is 11.4 Å². The molecular weight excluding hydrogens is 615 g/mol. The van der Waals surface area contributed by atoms with Crippen molar-refractivity contribution in [1.82, 2.24) is 0 Å². The fourth-order valence-electron chi connectivity index (χ4n) is 9.55. The van der Waals surface area contributed by atoms with E-state index in [1.54, 1.807) is 0 Å². The lowest BCUT2D eigenvalue weighted by Crippen LogP contribution is -2.28. The predicted molar refractivity (Wildman–Crippen MR) is 223 cm³/mol. The van der Waals surface area contributed by atoms with Gasteiger partial charge in [-0.05, 0) is 141 Å². The zero-order chi connectivity index (χ0) is 34.6. The van der Waals surface area contributed by atoms with Gasteiger partial charge >= 0.3 is 0 Å². The predicted octanol–water partition coefficient (Wildman–Crippen LogP) is 14.6. The normalized spacial score (nSPS) is 15.5. The Balaban J connectivity index is 1.14. The molecule has 9 aromatic rings. The molecule has 0 aliphatic carbocycles. The summed E-state index contributed by atoms with van der Waals surface area (Å²) < 4.78 is 0. The number of para-hydroxylation sites is 1. The summed E-state index contributed by atoms with van der Waals surface area (Å²) in [5.41, 5.74) is 7.31. The van der Waals surface area contributed by atoms with Crippen LogP contribution in [0.5, 0.6) is 0 Å². The Kier molecular flexibility index (Phi) is 6.57. The van der Waals surface area contributed by atoms with Crippen molar-refractivity contribution in [3.05, 3.63) is 133 Å². The summed E-state index contributed by atoms with van der Waals surface area (Å²) in [6, 6.07) is 48.6. The standard InChI is InChI=1S/C50H45N/c1-6-49(2,3)25-26-50(4,5)45-30-51(33-15-8-7-9-16-33)46-24-21-32(27-44(45)46)34-22-23-39-43-29-41-37-18-11-14-31-13-10-17-36(47(31)37)40(41)28-42(43)38-20-12-19-35(34)48(38)39/h7-24,27-29,45H,6,25-26,30H2,1-5H3. The van der Waals surface area contributed by atoms with E-state index in [0.29, 0.717) is 11.3 Å². The third-order valence-corrected chi connectivity index (χ3v) is 13.0. The second-order valence-electron chi connectivity index (χ2n) is 16.8. The van der Waals surface area contributed by atoms with E-state index in [1.165, 1.54) is 112 Å². The molecule has 1 heterocycles. The van der Waals surface area contributed by atoms with Crippen LogP contribution in [0.2, 0.25) is 0 Å². The fourth-order valence-corrected chi connectivity index (χ4v) is 9.55. The van der Waals surface area contributed by atoms with Crippen molar-refractivity contribution in [1.29, 1.82) is 0 Å². The highest BCUT2D eigenvalue weighted by Gasteiger charge is 2.40. The van der Waals surface area contributed by atoms with Crippen molar-refractivity contribution >= 4 is 76.0 Å². The average Bonchev–Trinajstić information content (AvgIpc) is 3.81. The minimum atomic E-state index is 0.163. The summed E-state index contributed by atoms with van der Waals surface area (Å²) >= 11 is 0. The molecule has 9 aromatic carbocycles. The molecule has 0 bridgehead atoms. The Bertz CT molecular complexity index is 2680. The summed E-state index contributed by atoms with van der Waals surface area (Å²) in [4.78, 5) is 2.57. The maximum atomic E-state index is 2.57. The molecule has 1 aliphatic heterocycles. The van der Waals surface area contributed by atoms with Gasteiger partial charge in [0.25, 0.3) is 0 Å². The second kappa shape index (κ2) is 10.9. The van der Waals surface area contributed by atoms with Crippen molar-refractivity contribution in [3.8, 4) is 11.1 Å². The SMILES string of the molecule is CCC(C)(C)CCC(C)(C)C1CN(c2ccccc2)c2ccc(-c3ccc4c5cc6c(cc5c5cccc3c54)c3cccc4cccc6c43)cc21. The first-order valence-corrected chi connectivity index (χ1v) is 19.0. The van der Waals surface area contributed by atoms with Crippen LogP contribution in [0.25, 0.3) is 75.8 Å². The third-order valence-electron chi connectivity index (χ3n) is 13.0. The highest BCUT2D eigenvalue weighted by Crippen LogP contribution is 2.53. The summed E-state index contributed by atoms with van der Waals surface area (Å²) in [5.74, 6) is 0.441. The minimum Gasteiger partial charge on any atom is -0.341 e. The third kappa shape index (κ3) is 4.53. The molecule has 0 aromatic heterocycles. The molecule has 0 radical (unpaired) electrons. The number of nitrogens with zero attached hydrogens (tertiary/aromatic N) is 1. The Hall–Kier alpha value is -5.14. The van der Waals surface area contributed by atoms with E-state index in [4.69, 9.17) is 0 Å². The van der Waals surface area contributed by atoms with Gasteiger partial charge in [-0.2, -0.15) is 0 Å². The van der Waals surface area contributed by atoms with Crippen LogP contribution in [0.4, 0.5) is 11.4 Å². The van der Waals surface area contributed by atoms with Gasteiger partial charge in [-0.3, -0.25) is 0 Å². The maximum Gasteiger partial charge on any atom is 0.0447 e. The van der Waals surface area contributed by atoms with Crippen LogP contribution in [-0.4, -0.2) is 6.54 Å². The van der Waals surface area contributed by atoms with Crippen molar-refractivity contribution in [2.45, 2.75) is 59.8 Å². The van der Waals surface area contributed by atoms with E-state index in [0.717, 1.165) is 6.54 Å². The lowest BCUT2D eigenvalue weighted by atomic mass is 9.69. The molecule has 1 atom stereocenters. The Labute approximate surface area is 301 Å². The van der Waals surface area contributed by atoms with Gasteiger partial charge < -0.3 is 4.90 Å². The maximum absolute atomic E-state index is 2.57. The first kappa shape index (κ1) is 30.7. The lowest BCUT2D eigenvalue weighted by molar-refractivity contribution is 0.205. The molecule has 0 spiro atoms. The minimum absolute atomic E-state index is 0.163. The van der Waals surface area contributed by atoms with E-state index >= 15 is 0 Å².